The van der Waals surface area contributed by atoms with Crippen molar-refractivity contribution in [2.45, 2.75) is 19.9 Å². The molecule has 0 aliphatic heterocycles. The van der Waals surface area contributed by atoms with E-state index < -0.39 is 18.1 Å². The zero-order valence-corrected chi connectivity index (χ0v) is 9.80. The summed E-state index contributed by atoms with van der Waals surface area (Å²) < 4.78 is 29.7. The number of esters is 1. The van der Waals surface area contributed by atoms with Crippen molar-refractivity contribution in [2.75, 3.05) is 6.61 Å². The van der Waals surface area contributed by atoms with E-state index in [2.05, 4.69) is 4.98 Å². The summed E-state index contributed by atoms with van der Waals surface area (Å²) in [6, 6.07) is 1.06. The first-order valence-corrected chi connectivity index (χ1v) is 5.23. The molecule has 2 N–H and O–H groups in total. The smallest absolute Gasteiger partial charge is 0.341 e. The Morgan fingerprint density at radius 1 is 1.65 bits per heavy atom. The molecule has 0 atom stereocenters. The van der Waals surface area contributed by atoms with E-state index in [9.17, 15) is 13.6 Å². The van der Waals surface area contributed by atoms with Gasteiger partial charge >= 0.3 is 5.97 Å². The average molecular weight is 265 g/mol. The number of nitrogens with zero attached hydrogens (tertiary/aromatic N) is 1. The molecule has 94 valence electrons. The second-order valence-electron chi connectivity index (χ2n) is 3.10. The lowest BCUT2D eigenvalue weighted by Crippen LogP contribution is -2.13. The number of aromatic nitrogens is 1. The Morgan fingerprint density at radius 2 is 2.29 bits per heavy atom. The van der Waals surface area contributed by atoms with Crippen molar-refractivity contribution in [3.8, 4) is 0 Å². The van der Waals surface area contributed by atoms with Gasteiger partial charge in [0.05, 0.1) is 6.61 Å². The van der Waals surface area contributed by atoms with E-state index in [0.717, 1.165) is 6.07 Å². The van der Waals surface area contributed by atoms with Crippen LogP contribution in [0, 0.1) is 0 Å². The van der Waals surface area contributed by atoms with Crippen molar-refractivity contribution in [3.05, 3.63) is 28.0 Å². The molecular formula is C10H11ClF2N2O2. The molecule has 17 heavy (non-hydrogen) atoms. The first-order valence-electron chi connectivity index (χ1n) is 4.85. The number of hydrogen-bond donors (Lipinski definition) is 1. The van der Waals surface area contributed by atoms with E-state index in [1.54, 1.807) is 6.92 Å². The van der Waals surface area contributed by atoms with Gasteiger partial charge in [0.25, 0.3) is 6.43 Å². The molecule has 0 aromatic carbocycles. The first kappa shape index (κ1) is 13.8. The fraction of sp³-hybridized carbons (Fsp3) is 0.400. The van der Waals surface area contributed by atoms with Crippen LogP contribution in [0.1, 0.15) is 35.0 Å². The zero-order valence-electron chi connectivity index (χ0n) is 9.04. The van der Waals surface area contributed by atoms with Crippen molar-refractivity contribution in [1.82, 2.24) is 4.98 Å². The van der Waals surface area contributed by atoms with Crippen LogP contribution in [0.5, 0.6) is 0 Å². The molecule has 0 aliphatic carbocycles. The van der Waals surface area contributed by atoms with Crippen molar-refractivity contribution in [1.29, 1.82) is 0 Å². The summed E-state index contributed by atoms with van der Waals surface area (Å²) in [7, 11) is 0. The maximum atomic E-state index is 12.5. The maximum absolute atomic E-state index is 12.5. The maximum Gasteiger partial charge on any atom is 0.341 e. The predicted octanol–water partition coefficient (Wildman–Crippen LogP) is 2.31. The molecule has 0 unspecified atom stereocenters. The van der Waals surface area contributed by atoms with Gasteiger partial charge < -0.3 is 10.5 Å². The van der Waals surface area contributed by atoms with E-state index in [-0.39, 0.29) is 29.4 Å². The Hall–Kier alpha value is -1.27. The molecular weight excluding hydrogens is 254 g/mol. The molecule has 1 aromatic rings. The molecule has 0 saturated heterocycles. The zero-order chi connectivity index (χ0) is 13.0. The van der Waals surface area contributed by atoms with Crippen LogP contribution in [0.3, 0.4) is 0 Å². The van der Waals surface area contributed by atoms with Gasteiger partial charge in [-0.3, -0.25) is 0 Å². The highest BCUT2D eigenvalue weighted by atomic mass is 35.5. The number of nitrogens with two attached hydrogens (primary N) is 1. The van der Waals surface area contributed by atoms with Gasteiger partial charge in [-0.25, -0.2) is 18.6 Å². The number of carbonyl (C=O) groups excluding carboxylic acids is 1. The highest BCUT2D eigenvalue weighted by Crippen LogP contribution is 2.25. The minimum Gasteiger partial charge on any atom is -0.462 e. The highest BCUT2D eigenvalue weighted by molar-refractivity contribution is 6.32. The van der Waals surface area contributed by atoms with E-state index in [1.165, 1.54) is 0 Å². The average Bonchev–Trinajstić information content (AvgIpc) is 2.27. The second-order valence-corrected chi connectivity index (χ2v) is 3.46. The van der Waals surface area contributed by atoms with Gasteiger partial charge in [0.1, 0.15) is 16.4 Å². The summed E-state index contributed by atoms with van der Waals surface area (Å²) in [6.07, 6.45) is -2.77. The van der Waals surface area contributed by atoms with E-state index in [4.69, 9.17) is 22.1 Å². The largest absolute Gasteiger partial charge is 0.462 e. The van der Waals surface area contributed by atoms with E-state index in [0.29, 0.717) is 0 Å². The number of hydrogen-bond acceptors (Lipinski definition) is 4. The summed E-state index contributed by atoms with van der Waals surface area (Å²) in [5.41, 5.74) is 5.01. The van der Waals surface area contributed by atoms with Crippen molar-refractivity contribution < 1.29 is 18.3 Å². The Balaban J connectivity index is 3.25. The Morgan fingerprint density at radius 3 is 2.76 bits per heavy atom. The quantitative estimate of drug-likeness (QED) is 0.669. The minimum absolute atomic E-state index is 0.0552. The Labute approximate surface area is 102 Å². The molecule has 0 aliphatic rings. The number of halogens is 3. The molecule has 1 aromatic heterocycles. The molecule has 1 heterocycles. The van der Waals surface area contributed by atoms with Gasteiger partial charge in [-0.05, 0) is 18.6 Å². The van der Waals surface area contributed by atoms with Crippen LogP contribution in [0.25, 0.3) is 0 Å². The van der Waals surface area contributed by atoms with Gasteiger partial charge in [-0.2, -0.15) is 0 Å². The molecule has 0 amide bonds. The van der Waals surface area contributed by atoms with Gasteiger partial charge in [-0.1, -0.05) is 11.6 Å². The van der Waals surface area contributed by atoms with Crippen LogP contribution in [0.4, 0.5) is 8.78 Å². The lowest BCUT2D eigenvalue weighted by Gasteiger charge is -2.10. The number of rotatable bonds is 4. The number of pyridine rings is 1. The molecule has 0 fully saturated rings. The third-order valence-electron chi connectivity index (χ3n) is 2.00. The molecule has 7 heteroatoms. The normalized spacial score (nSPS) is 10.7. The second kappa shape index (κ2) is 5.88. The summed E-state index contributed by atoms with van der Waals surface area (Å²) in [4.78, 5) is 15.0. The molecule has 0 saturated carbocycles. The Bertz CT molecular complexity index is 427. The molecule has 0 radical (unpaired) electrons. The summed E-state index contributed by atoms with van der Waals surface area (Å²) in [5.74, 6) is -0.716. The topological polar surface area (TPSA) is 65.2 Å². The van der Waals surface area contributed by atoms with Crippen molar-refractivity contribution >= 4 is 17.6 Å². The van der Waals surface area contributed by atoms with E-state index in [1.807, 2.05) is 0 Å². The monoisotopic (exact) mass is 264 g/mol. The van der Waals surface area contributed by atoms with Crippen LogP contribution in [-0.4, -0.2) is 17.6 Å². The first-order chi connectivity index (χ1) is 8.01. The molecule has 4 nitrogen and oxygen atoms in total. The van der Waals surface area contributed by atoms with Crippen LogP contribution in [0.2, 0.25) is 5.15 Å². The predicted molar refractivity (Wildman–Crippen MR) is 58.1 cm³/mol. The van der Waals surface area contributed by atoms with E-state index >= 15 is 0 Å². The van der Waals surface area contributed by atoms with Crippen LogP contribution in [-0.2, 0) is 11.3 Å². The van der Waals surface area contributed by atoms with Gasteiger partial charge in [-0.15, -0.1) is 0 Å². The fourth-order valence-electron chi connectivity index (χ4n) is 1.28. The third-order valence-corrected chi connectivity index (χ3v) is 2.27. The van der Waals surface area contributed by atoms with Crippen LogP contribution in [0.15, 0.2) is 6.07 Å². The summed E-state index contributed by atoms with van der Waals surface area (Å²) in [6.45, 7) is 1.67. The lowest BCUT2D eigenvalue weighted by atomic mass is 10.1. The summed E-state index contributed by atoms with van der Waals surface area (Å²) >= 11 is 5.69. The summed E-state index contributed by atoms with van der Waals surface area (Å²) in [5, 5.41) is -0.318. The van der Waals surface area contributed by atoms with Crippen LogP contribution >= 0.6 is 11.6 Å². The third kappa shape index (κ3) is 3.10. The number of ether oxygens (including phenoxy) is 1. The van der Waals surface area contributed by atoms with Gasteiger partial charge in [0, 0.05) is 6.54 Å². The number of alkyl halides is 2. The van der Waals surface area contributed by atoms with Crippen LogP contribution < -0.4 is 5.73 Å². The molecule has 1 rings (SSSR count). The molecule has 0 spiro atoms. The Kier molecular flexibility index (Phi) is 4.77. The highest BCUT2D eigenvalue weighted by Gasteiger charge is 2.21. The fourth-order valence-corrected chi connectivity index (χ4v) is 1.57. The van der Waals surface area contributed by atoms with Crippen molar-refractivity contribution in [3.63, 3.8) is 0 Å². The molecule has 0 bridgehead atoms. The minimum atomic E-state index is -2.77. The SMILES string of the molecule is CCOC(=O)c1c(CN)cc(C(F)F)nc1Cl. The lowest BCUT2D eigenvalue weighted by molar-refractivity contribution is 0.0524. The van der Waals surface area contributed by atoms with Gasteiger partial charge in [0.2, 0.25) is 0 Å². The standard InChI is InChI=1S/C10H11ClF2N2O2/c1-2-17-10(16)7-5(4-14)3-6(9(12)13)15-8(7)11/h3,9H,2,4,14H2,1H3. The number of carbonyl (C=O) groups is 1. The van der Waals surface area contributed by atoms with Gasteiger partial charge in [0.15, 0.2) is 0 Å². The van der Waals surface area contributed by atoms with Crippen molar-refractivity contribution in [2.24, 2.45) is 5.73 Å².